The lowest BCUT2D eigenvalue weighted by Crippen LogP contribution is -2.23. The third-order valence-corrected chi connectivity index (χ3v) is 6.76. The predicted octanol–water partition coefficient (Wildman–Crippen LogP) is 6.18. The van der Waals surface area contributed by atoms with E-state index in [4.69, 9.17) is 32.7 Å². The Balaban J connectivity index is 1.44. The minimum Gasteiger partial charge on any atom is -0.457 e. The molecule has 0 saturated heterocycles. The van der Waals surface area contributed by atoms with E-state index in [1.807, 2.05) is 44.2 Å². The van der Waals surface area contributed by atoms with E-state index < -0.39 is 6.10 Å². The first-order valence-electron chi connectivity index (χ1n) is 9.28. The van der Waals surface area contributed by atoms with Crippen molar-refractivity contribution in [2.75, 3.05) is 0 Å². The van der Waals surface area contributed by atoms with Crippen LogP contribution in [0, 0.1) is 34.0 Å². The Kier molecular flexibility index (Phi) is 4.85. The molecule has 4 rings (SSSR count). The van der Waals surface area contributed by atoms with Crippen molar-refractivity contribution in [2.45, 2.75) is 20.0 Å². The topological polar surface area (TPSA) is 59.3 Å². The van der Waals surface area contributed by atoms with Crippen LogP contribution in [0.4, 0.5) is 0 Å². The number of hydrogen-bond donors (Lipinski definition) is 0. The molecule has 2 fully saturated rings. The first-order chi connectivity index (χ1) is 13.8. The minimum atomic E-state index is -1.00. The number of fused-ring (bicyclic) bond motifs is 1. The van der Waals surface area contributed by atoms with Crippen molar-refractivity contribution >= 4 is 29.2 Å². The third kappa shape index (κ3) is 3.19. The molecule has 2 unspecified atom stereocenters. The zero-order valence-electron chi connectivity index (χ0n) is 15.9. The number of hydrogen-bond acceptors (Lipinski definition) is 4. The number of para-hydroxylation sites is 1. The van der Waals surface area contributed by atoms with Crippen molar-refractivity contribution < 1.29 is 14.3 Å². The number of benzene rings is 2. The van der Waals surface area contributed by atoms with Gasteiger partial charge in [0.25, 0.3) is 0 Å². The smallest absolute Gasteiger partial charge is 0.311 e. The maximum absolute atomic E-state index is 12.7. The van der Waals surface area contributed by atoms with Gasteiger partial charge in [-0.15, -0.1) is 0 Å². The summed E-state index contributed by atoms with van der Waals surface area (Å²) in [6, 6.07) is 18.4. The van der Waals surface area contributed by atoms with E-state index in [0.717, 1.165) is 0 Å². The van der Waals surface area contributed by atoms with Crippen LogP contribution in [-0.2, 0) is 9.53 Å². The van der Waals surface area contributed by atoms with Crippen molar-refractivity contribution in [3.8, 4) is 17.6 Å². The largest absolute Gasteiger partial charge is 0.457 e. The van der Waals surface area contributed by atoms with E-state index in [1.165, 1.54) is 0 Å². The molecule has 2 aromatic carbocycles. The molecule has 2 aromatic rings. The van der Waals surface area contributed by atoms with Crippen LogP contribution in [0.3, 0.4) is 0 Å². The molecule has 0 N–H and O–H groups in total. The fourth-order valence-corrected chi connectivity index (χ4v) is 4.95. The van der Waals surface area contributed by atoms with E-state index in [0.29, 0.717) is 17.1 Å². The Morgan fingerprint density at radius 2 is 1.76 bits per heavy atom. The fourth-order valence-electron chi connectivity index (χ4n) is 4.70. The van der Waals surface area contributed by atoms with E-state index >= 15 is 0 Å². The Bertz CT molecular complexity index is 1010. The van der Waals surface area contributed by atoms with Crippen molar-refractivity contribution in [1.82, 2.24) is 0 Å². The lowest BCUT2D eigenvalue weighted by molar-refractivity contribution is -0.151. The lowest BCUT2D eigenvalue weighted by Gasteiger charge is -2.18. The van der Waals surface area contributed by atoms with Gasteiger partial charge in [-0.3, -0.25) is 4.79 Å². The Morgan fingerprint density at radius 3 is 2.38 bits per heavy atom. The molecule has 148 valence electrons. The SMILES string of the molecule is CC12[C@H](C=C(Cl)Cl)C1(C)[C@@H]2C(=O)O[C@@H](C#N)c1cccc(Oc2ccccc2)c1. The molecule has 6 heteroatoms. The van der Waals surface area contributed by atoms with Gasteiger partial charge in [0.05, 0.1) is 5.92 Å². The van der Waals surface area contributed by atoms with Gasteiger partial charge in [0.2, 0.25) is 6.10 Å². The highest BCUT2D eigenvalue weighted by molar-refractivity contribution is 6.55. The van der Waals surface area contributed by atoms with Crippen LogP contribution in [0.5, 0.6) is 11.5 Å². The molecule has 0 aliphatic heterocycles. The lowest BCUT2D eigenvalue weighted by atomic mass is 9.93. The molecule has 0 amide bonds. The molecule has 3 atom stereocenters. The first kappa shape index (κ1) is 19.8. The zero-order chi connectivity index (χ0) is 20.8. The van der Waals surface area contributed by atoms with Gasteiger partial charge in [0, 0.05) is 5.56 Å². The summed E-state index contributed by atoms with van der Waals surface area (Å²) in [4.78, 5) is 12.7. The molecule has 29 heavy (non-hydrogen) atoms. The Morgan fingerprint density at radius 1 is 1.10 bits per heavy atom. The maximum atomic E-state index is 12.7. The van der Waals surface area contributed by atoms with Crippen molar-refractivity contribution in [3.05, 3.63) is 70.7 Å². The van der Waals surface area contributed by atoms with Gasteiger partial charge in [-0.25, -0.2) is 0 Å². The second-order valence-corrected chi connectivity index (χ2v) is 8.87. The Hall–Kier alpha value is -2.48. The van der Waals surface area contributed by atoms with Gasteiger partial charge in [-0.1, -0.05) is 67.4 Å². The van der Waals surface area contributed by atoms with Crippen LogP contribution in [-0.4, -0.2) is 5.97 Å². The van der Waals surface area contributed by atoms with E-state index in [2.05, 4.69) is 6.07 Å². The fraction of sp³-hybridized carbons (Fsp3) is 0.304. The summed E-state index contributed by atoms with van der Waals surface area (Å²) in [6.45, 7) is 4.04. The number of esters is 1. The van der Waals surface area contributed by atoms with Crippen LogP contribution in [0.25, 0.3) is 0 Å². The summed E-state index contributed by atoms with van der Waals surface area (Å²) in [5, 5.41) is 9.58. The van der Waals surface area contributed by atoms with Gasteiger partial charge < -0.3 is 9.47 Å². The third-order valence-electron chi connectivity index (χ3n) is 6.50. The molecule has 0 aromatic heterocycles. The maximum Gasteiger partial charge on any atom is 0.311 e. The molecule has 0 bridgehead atoms. The number of rotatable bonds is 6. The second kappa shape index (κ2) is 7.09. The summed E-state index contributed by atoms with van der Waals surface area (Å²) in [5.41, 5.74) is 0.147. The predicted molar refractivity (Wildman–Crippen MR) is 110 cm³/mol. The van der Waals surface area contributed by atoms with Gasteiger partial charge in [0.15, 0.2) is 0 Å². The highest BCUT2D eigenvalue weighted by Crippen LogP contribution is 2.94. The van der Waals surface area contributed by atoms with Crippen LogP contribution >= 0.6 is 23.2 Å². The normalized spacial score (nSPS) is 29.6. The van der Waals surface area contributed by atoms with Crippen LogP contribution in [0.2, 0.25) is 0 Å². The van der Waals surface area contributed by atoms with E-state index in [-0.39, 0.29) is 33.1 Å². The summed E-state index contributed by atoms with van der Waals surface area (Å²) >= 11 is 11.5. The summed E-state index contributed by atoms with van der Waals surface area (Å²) < 4.78 is 11.6. The number of carbonyl (C=O) groups excluding carboxylic acids is 1. The van der Waals surface area contributed by atoms with E-state index in [9.17, 15) is 10.1 Å². The monoisotopic (exact) mass is 427 g/mol. The molecule has 4 nitrogen and oxygen atoms in total. The molecule has 2 aliphatic carbocycles. The van der Waals surface area contributed by atoms with E-state index in [1.54, 1.807) is 30.3 Å². The van der Waals surface area contributed by atoms with Crippen molar-refractivity contribution in [3.63, 3.8) is 0 Å². The Labute approximate surface area is 179 Å². The number of allylic oxidation sites excluding steroid dienone is 1. The van der Waals surface area contributed by atoms with Crippen LogP contribution in [0.1, 0.15) is 25.5 Å². The molecule has 2 saturated carbocycles. The molecule has 0 radical (unpaired) electrons. The average molecular weight is 428 g/mol. The highest BCUT2D eigenvalue weighted by atomic mass is 35.5. The zero-order valence-corrected chi connectivity index (χ0v) is 17.4. The number of nitrogens with zero attached hydrogens (tertiary/aromatic N) is 1. The molecule has 0 heterocycles. The highest BCUT2D eigenvalue weighted by Gasteiger charge is 2.94. The van der Waals surface area contributed by atoms with Crippen molar-refractivity contribution in [1.29, 1.82) is 5.26 Å². The molecular formula is C23H19Cl2NO3. The minimum absolute atomic E-state index is 0.153. The number of ether oxygens (including phenoxy) is 2. The van der Waals surface area contributed by atoms with Crippen LogP contribution < -0.4 is 4.74 Å². The quantitative estimate of drug-likeness (QED) is 0.516. The summed E-state index contributed by atoms with van der Waals surface area (Å²) in [6.07, 6.45) is 0.777. The van der Waals surface area contributed by atoms with Gasteiger partial charge in [0.1, 0.15) is 22.1 Å². The van der Waals surface area contributed by atoms with Gasteiger partial charge in [-0.05, 0) is 47.1 Å². The number of carbonyl (C=O) groups is 1. The van der Waals surface area contributed by atoms with Gasteiger partial charge >= 0.3 is 5.97 Å². The number of halogens is 2. The summed E-state index contributed by atoms with van der Waals surface area (Å²) in [7, 11) is 0. The second-order valence-electron chi connectivity index (χ2n) is 7.87. The number of nitriles is 1. The van der Waals surface area contributed by atoms with Crippen molar-refractivity contribution in [2.24, 2.45) is 22.7 Å². The van der Waals surface area contributed by atoms with Crippen LogP contribution in [0.15, 0.2) is 65.2 Å². The standard InChI is InChI=1S/C23H19Cl2NO3/c1-22-18(12-19(24)25)23(22,2)20(22)21(27)29-17(13-26)14-7-6-10-16(11-14)28-15-8-4-3-5-9-15/h3-12,17-18,20H,1-2H3/t17-,18-,20+,22?,23?/m0/s1. The first-order valence-corrected chi connectivity index (χ1v) is 10.0. The molecular weight excluding hydrogens is 409 g/mol. The summed E-state index contributed by atoms with van der Waals surface area (Å²) in [5.74, 6) is 0.779. The molecule has 2 aliphatic rings. The van der Waals surface area contributed by atoms with Gasteiger partial charge in [-0.2, -0.15) is 5.26 Å². The average Bonchev–Trinajstić information content (AvgIpc) is 3.41. The molecule has 0 spiro atoms.